The maximum absolute atomic E-state index is 13.0. The fourth-order valence-corrected chi connectivity index (χ4v) is 4.47. The van der Waals surface area contributed by atoms with Crippen molar-refractivity contribution in [3.63, 3.8) is 0 Å². The highest BCUT2D eigenvalue weighted by Crippen LogP contribution is 2.29. The third-order valence-corrected chi connectivity index (χ3v) is 6.23. The van der Waals surface area contributed by atoms with E-state index in [9.17, 15) is 26.0 Å². The van der Waals surface area contributed by atoms with Gasteiger partial charge in [0.05, 0.1) is 23.9 Å². The molecule has 0 aliphatic rings. The van der Waals surface area contributed by atoms with E-state index in [-0.39, 0.29) is 33.3 Å². The van der Waals surface area contributed by atoms with Gasteiger partial charge in [0.1, 0.15) is 11.6 Å². The molecule has 0 aromatic heterocycles. The summed E-state index contributed by atoms with van der Waals surface area (Å²) >= 11 is 0. The smallest absolute Gasteiger partial charge is 0.261 e. The third-order valence-electron chi connectivity index (χ3n) is 4.26. The summed E-state index contributed by atoms with van der Waals surface area (Å²) in [5.41, 5.74) is 0.586. The van der Waals surface area contributed by atoms with Crippen LogP contribution in [0.1, 0.15) is 10.4 Å². The number of hydrogen-bond acceptors (Lipinski definition) is 6. The summed E-state index contributed by atoms with van der Waals surface area (Å²) in [5, 5.41) is 2.58. The van der Waals surface area contributed by atoms with Crippen LogP contribution in [0.2, 0.25) is 0 Å². The van der Waals surface area contributed by atoms with Crippen LogP contribution in [0.25, 0.3) is 0 Å². The van der Waals surface area contributed by atoms with Crippen molar-refractivity contribution in [3.8, 4) is 5.75 Å². The van der Waals surface area contributed by atoms with E-state index in [4.69, 9.17) is 4.74 Å². The van der Waals surface area contributed by atoms with Crippen LogP contribution in [-0.4, -0.2) is 36.1 Å². The van der Waals surface area contributed by atoms with E-state index in [0.717, 1.165) is 18.4 Å². The molecule has 3 aromatic rings. The Labute approximate surface area is 190 Å². The quantitative estimate of drug-likeness (QED) is 0.442. The first kappa shape index (κ1) is 24.0. The molecule has 3 rings (SSSR count). The standard InChI is InChI=1S/C21H20FN3O6S2/c1-31-20-11-10-17(13-19(20)25-32(2,27)28)23-21(26)14-4-3-5-18(12-14)33(29,30)24-16-8-6-15(22)7-9-16/h3-13,24-25H,1-2H3,(H,23,26). The Kier molecular flexibility index (Phi) is 6.89. The zero-order chi connectivity index (χ0) is 24.2. The Morgan fingerprint density at radius 3 is 2.18 bits per heavy atom. The van der Waals surface area contributed by atoms with Crippen molar-refractivity contribution in [2.45, 2.75) is 4.90 Å². The molecule has 0 radical (unpaired) electrons. The van der Waals surface area contributed by atoms with E-state index in [1.54, 1.807) is 0 Å². The number of ether oxygens (including phenoxy) is 1. The molecule has 0 atom stereocenters. The number of hydrogen-bond donors (Lipinski definition) is 3. The summed E-state index contributed by atoms with van der Waals surface area (Å²) < 4.78 is 71.2. The molecule has 0 saturated heterocycles. The molecule has 0 bridgehead atoms. The van der Waals surface area contributed by atoms with Gasteiger partial charge in [-0.2, -0.15) is 0 Å². The molecule has 3 N–H and O–H groups in total. The highest BCUT2D eigenvalue weighted by Gasteiger charge is 2.17. The molecule has 0 spiro atoms. The summed E-state index contributed by atoms with van der Waals surface area (Å²) in [7, 11) is -6.26. The molecular formula is C21H20FN3O6S2. The topological polar surface area (TPSA) is 131 Å². The van der Waals surface area contributed by atoms with Gasteiger partial charge in [-0.15, -0.1) is 0 Å². The van der Waals surface area contributed by atoms with E-state index in [2.05, 4.69) is 14.8 Å². The third kappa shape index (κ3) is 6.43. The van der Waals surface area contributed by atoms with Crippen LogP contribution in [0.5, 0.6) is 5.75 Å². The van der Waals surface area contributed by atoms with Crippen LogP contribution in [0.4, 0.5) is 21.5 Å². The van der Waals surface area contributed by atoms with Gasteiger partial charge < -0.3 is 10.1 Å². The molecule has 0 saturated carbocycles. The van der Waals surface area contributed by atoms with Crippen LogP contribution >= 0.6 is 0 Å². The van der Waals surface area contributed by atoms with Crippen molar-refractivity contribution >= 4 is 43.0 Å². The van der Waals surface area contributed by atoms with Crippen LogP contribution in [-0.2, 0) is 20.0 Å². The molecule has 12 heteroatoms. The minimum absolute atomic E-state index is 0.0467. The zero-order valence-electron chi connectivity index (χ0n) is 17.5. The number of sulfonamides is 2. The van der Waals surface area contributed by atoms with Crippen LogP contribution in [0.15, 0.2) is 71.6 Å². The summed E-state index contributed by atoms with van der Waals surface area (Å²) in [6, 6.07) is 14.4. The maximum atomic E-state index is 13.0. The fraction of sp³-hybridized carbons (Fsp3) is 0.0952. The van der Waals surface area contributed by atoms with Crippen LogP contribution < -0.4 is 19.5 Å². The summed E-state index contributed by atoms with van der Waals surface area (Å²) in [4.78, 5) is 12.5. The Bertz CT molecular complexity index is 1390. The molecule has 174 valence electrons. The van der Waals surface area contributed by atoms with E-state index < -0.39 is 31.8 Å². The first-order valence-corrected chi connectivity index (χ1v) is 12.7. The Morgan fingerprint density at radius 1 is 0.879 bits per heavy atom. The number of methoxy groups -OCH3 is 1. The van der Waals surface area contributed by atoms with E-state index in [1.807, 2.05) is 0 Å². The normalized spacial score (nSPS) is 11.5. The van der Waals surface area contributed by atoms with Crippen molar-refractivity contribution in [1.82, 2.24) is 0 Å². The molecule has 0 heterocycles. The SMILES string of the molecule is COc1ccc(NC(=O)c2cccc(S(=O)(=O)Nc3ccc(F)cc3)c2)cc1NS(C)(=O)=O. The molecule has 33 heavy (non-hydrogen) atoms. The number of amides is 1. The maximum Gasteiger partial charge on any atom is 0.261 e. The lowest BCUT2D eigenvalue weighted by Gasteiger charge is -2.13. The first-order valence-electron chi connectivity index (χ1n) is 9.32. The Balaban J connectivity index is 1.82. The van der Waals surface area contributed by atoms with Gasteiger partial charge in [0.25, 0.3) is 15.9 Å². The number of carbonyl (C=O) groups is 1. The molecule has 0 aliphatic carbocycles. The first-order chi connectivity index (χ1) is 15.5. The van der Waals surface area contributed by atoms with Gasteiger partial charge in [-0.1, -0.05) is 6.07 Å². The fourth-order valence-electron chi connectivity index (χ4n) is 2.80. The molecular weight excluding hydrogens is 473 g/mol. The lowest BCUT2D eigenvalue weighted by molar-refractivity contribution is 0.102. The number of nitrogens with one attached hydrogen (secondary N) is 3. The van der Waals surface area contributed by atoms with Gasteiger partial charge in [0.15, 0.2) is 0 Å². The minimum atomic E-state index is -4.04. The minimum Gasteiger partial charge on any atom is -0.495 e. The average Bonchev–Trinajstić information content (AvgIpc) is 2.74. The Hall–Kier alpha value is -3.64. The molecule has 0 unspecified atom stereocenters. The summed E-state index contributed by atoms with van der Waals surface area (Å²) in [6.07, 6.45) is 0.976. The summed E-state index contributed by atoms with van der Waals surface area (Å²) in [5.74, 6) is -0.882. The van der Waals surface area contributed by atoms with Crippen molar-refractivity contribution < 1.29 is 30.8 Å². The lowest BCUT2D eigenvalue weighted by Crippen LogP contribution is -2.16. The van der Waals surface area contributed by atoms with Gasteiger partial charge in [-0.25, -0.2) is 21.2 Å². The number of carbonyl (C=O) groups excluding carboxylic acids is 1. The van der Waals surface area contributed by atoms with Crippen molar-refractivity contribution in [2.75, 3.05) is 28.1 Å². The van der Waals surface area contributed by atoms with Crippen LogP contribution in [0.3, 0.4) is 0 Å². The lowest BCUT2D eigenvalue weighted by atomic mass is 10.2. The largest absolute Gasteiger partial charge is 0.495 e. The monoisotopic (exact) mass is 493 g/mol. The molecule has 0 fully saturated rings. The predicted octanol–water partition coefficient (Wildman–Crippen LogP) is 3.26. The van der Waals surface area contributed by atoms with Crippen molar-refractivity contribution in [2.24, 2.45) is 0 Å². The second kappa shape index (κ2) is 9.46. The zero-order valence-corrected chi connectivity index (χ0v) is 19.1. The second-order valence-corrected chi connectivity index (χ2v) is 10.3. The van der Waals surface area contributed by atoms with E-state index in [0.29, 0.717) is 0 Å². The van der Waals surface area contributed by atoms with Crippen molar-refractivity contribution in [3.05, 3.63) is 78.1 Å². The van der Waals surface area contributed by atoms with E-state index in [1.165, 1.54) is 61.7 Å². The van der Waals surface area contributed by atoms with Gasteiger partial charge in [-0.3, -0.25) is 14.2 Å². The second-order valence-electron chi connectivity index (χ2n) is 6.88. The van der Waals surface area contributed by atoms with Gasteiger partial charge in [0, 0.05) is 16.9 Å². The van der Waals surface area contributed by atoms with Crippen LogP contribution in [0, 0.1) is 5.82 Å². The van der Waals surface area contributed by atoms with Gasteiger partial charge in [-0.05, 0) is 60.7 Å². The van der Waals surface area contributed by atoms with Crippen molar-refractivity contribution in [1.29, 1.82) is 0 Å². The number of halogens is 1. The predicted molar refractivity (Wildman–Crippen MR) is 123 cm³/mol. The van der Waals surface area contributed by atoms with Gasteiger partial charge >= 0.3 is 0 Å². The number of benzene rings is 3. The Morgan fingerprint density at radius 2 is 1.55 bits per heavy atom. The molecule has 3 aromatic carbocycles. The molecule has 1 amide bonds. The van der Waals surface area contributed by atoms with Gasteiger partial charge in [0.2, 0.25) is 10.0 Å². The van der Waals surface area contributed by atoms with E-state index >= 15 is 0 Å². The highest BCUT2D eigenvalue weighted by atomic mass is 32.2. The number of anilines is 3. The molecule has 9 nitrogen and oxygen atoms in total. The highest BCUT2D eigenvalue weighted by molar-refractivity contribution is 7.92. The number of rotatable bonds is 8. The summed E-state index contributed by atoms with van der Waals surface area (Å²) in [6.45, 7) is 0. The molecule has 0 aliphatic heterocycles. The average molecular weight is 494 g/mol.